The van der Waals surface area contributed by atoms with Crippen LogP contribution in [0.15, 0.2) is 12.3 Å². The van der Waals surface area contributed by atoms with Crippen molar-refractivity contribution in [3.8, 4) is 0 Å². The first-order valence-electron chi connectivity index (χ1n) is 5.04. The van der Waals surface area contributed by atoms with Crippen LogP contribution < -0.4 is 10.6 Å². The second-order valence-electron chi connectivity index (χ2n) is 3.82. The minimum Gasteiger partial charge on any atom is -0.369 e. The molecule has 1 fully saturated rings. The Bertz CT molecular complexity index is 498. The molecule has 1 aliphatic heterocycles. The zero-order valence-corrected chi connectivity index (χ0v) is 9.83. The first-order chi connectivity index (χ1) is 8.30. The Morgan fingerprint density at radius 1 is 1.56 bits per heavy atom. The lowest BCUT2D eigenvalue weighted by molar-refractivity contribution is -0.212. The van der Waals surface area contributed by atoms with Crippen LogP contribution in [0.2, 0.25) is 0 Å². The number of amides is 1. The van der Waals surface area contributed by atoms with Crippen LogP contribution >= 0.6 is 12.2 Å². The van der Waals surface area contributed by atoms with Crippen molar-refractivity contribution in [1.82, 2.24) is 9.78 Å². The van der Waals surface area contributed by atoms with Crippen LogP contribution in [0.3, 0.4) is 0 Å². The number of nitrogens with two attached hydrogens (primary N) is 1. The summed E-state index contributed by atoms with van der Waals surface area (Å²) < 4.78 is 37.0. The van der Waals surface area contributed by atoms with Gasteiger partial charge in [-0.25, -0.2) is 0 Å². The number of nitrogens with zero attached hydrogens (tertiary/aromatic N) is 3. The third-order valence-corrected chi connectivity index (χ3v) is 3.17. The van der Waals surface area contributed by atoms with E-state index in [9.17, 15) is 18.0 Å². The molecule has 1 aromatic heterocycles. The lowest BCUT2D eigenvalue weighted by atomic mass is 10.1. The molecule has 1 unspecified atom stereocenters. The molecule has 9 heteroatoms. The van der Waals surface area contributed by atoms with Gasteiger partial charge >= 0.3 is 6.30 Å². The third kappa shape index (κ3) is 2.17. The number of primary amides is 1. The second-order valence-corrected chi connectivity index (χ2v) is 4.24. The number of hydrogen-bond acceptors (Lipinski definition) is 3. The van der Waals surface area contributed by atoms with E-state index in [2.05, 4.69) is 5.10 Å². The number of anilines is 1. The van der Waals surface area contributed by atoms with Gasteiger partial charge in [-0.1, -0.05) is 12.2 Å². The quantitative estimate of drug-likeness (QED) is 0.820. The topological polar surface area (TPSA) is 64.2 Å². The average Bonchev–Trinajstić information content (AvgIpc) is 2.81. The Hall–Kier alpha value is -1.64. The minimum absolute atomic E-state index is 0.0704. The lowest BCUT2D eigenvalue weighted by Gasteiger charge is -2.15. The zero-order valence-electron chi connectivity index (χ0n) is 9.02. The van der Waals surface area contributed by atoms with E-state index >= 15 is 0 Å². The van der Waals surface area contributed by atoms with Crippen LogP contribution in [-0.2, 0) is 11.1 Å². The molecule has 0 saturated carbocycles. The summed E-state index contributed by atoms with van der Waals surface area (Å²) in [5, 5.41) is 3.39. The fraction of sp³-hybridized carbons (Fsp3) is 0.444. The summed E-state index contributed by atoms with van der Waals surface area (Å²) in [7, 11) is 0. The first-order valence-corrected chi connectivity index (χ1v) is 5.45. The van der Waals surface area contributed by atoms with E-state index < -0.39 is 18.1 Å². The maximum atomic E-state index is 12.4. The summed E-state index contributed by atoms with van der Waals surface area (Å²) >= 11 is 5.02. The van der Waals surface area contributed by atoms with E-state index in [0.717, 1.165) is 6.20 Å². The second kappa shape index (κ2) is 4.23. The van der Waals surface area contributed by atoms with Crippen molar-refractivity contribution >= 4 is 28.9 Å². The van der Waals surface area contributed by atoms with Crippen LogP contribution in [0.4, 0.5) is 19.0 Å². The van der Waals surface area contributed by atoms with Crippen LogP contribution in [0.25, 0.3) is 0 Å². The van der Waals surface area contributed by atoms with Crippen molar-refractivity contribution in [2.45, 2.75) is 12.7 Å². The normalized spacial score (nSPS) is 20.5. The molecule has 2 N–H and O–H groups in total. The molecule has 0 bridgehead atoms. The first kappa shape index (κ1) is 12.8. The van der Waals surface area contributed by atoms with E-state index in [1.807, 2.05) is 0 Å². The number of hydrogen-bond donors (Lipinski definition) is 1. The molecule has 5 nitrogen and oxygen atoms in total. The van der Waals surface area contributed by atoms with Gasteiger partial charge in [0.15, 0.2) is 5.82 Å². The highest BCUT2D eigenvalue weighted by atomic mass is 32.1. The Morgan fingerprint density at radius 2 is 2.22 bits per heavy atom. The molecule has 98 valence electrons. The zero-order chi connectivity index (χ0) is 13.5. The summed E-state index contributed by atoms with van der Waals surface area (Å²) in [6.07, 6.45) is -3.37. The predicted octanol–water partition coefficient (Wildman–Crippen LogP) is 0.998. The summed E-state index contributed by atoms with van der Waals surface area (Å²) in [6.45, 7) is 0.335. The molecular weight excluding hydrogens is 269 g/mol. The average molecular weight is 278 g/mol. The van der Waals surface area contributed by atoms with E-state index in [0.29, 0.717) is 13.0 Å². The van der Waals surface area contributed by atoms with Crippen molar-refractivity contribution in [1.29, 1.82) is 0 Å². The summed E-state index contributed by atoms with van der Waals surface area (Å²) in [5.74, 6) is -1.12. The molecule has 0 aliphatic carbocycles. The van der Waals surface area contributed by atoms with Gasteiger partial charge in [0.1, 0.15) is 0 Å². The van der Waals surface area contributed by atoms with Crippen molar-refractivity contribution in [3.05, 3.63) is 12.3 Å². The molecule has 0 spiro atoms. The highest BCUT2D eigenvalue weighted by Gasteiger charge is 2.36. The van der Waals surface area contributed by atoms with Crippen molar-refractivity contribution in [2.75, 3.05) is 11.4 Å². The van der Waals surface area contributed by atoms with Crippen LogP contribution in [0, 0.1) is 5.92 Å². The molecule has 1 atom stereocenters. The number of thiocarbonyl (C=S) groups is 1. The largest absolute Gasteiger partial charge is 0.504 e. The van der Waals surface area contributed by atoms with Gasteiger partial charge in [0.05, 0.1) is 10.9 Å². The predicted molar refractivity (Wildman–Crippen MR) is 60.8 cm³/mol. The molecule has 1 saturated heterocycles. The van der Waals surface area contributed by atoms with Gasteiger partial charge in [-0.3, -0.25) is 4.79 Å². The smallest absolute Gasteiger partial charge is 0.369 e. The highest BCUT2D eigenvalue weighted by molar-refractivity contribution is 7.80. The molecule has 1 aliphatic rings. The maximum Gasteiger partial charge on any atom is 0.504 e. The summed E-state index contributed by atoms with van der Waals surface area (Å²) in [6, 6.07) is 1.20. The molecule has 18 heavy (non-hydrogen) atoms. The van der Waals surface area contributed by atoms with E-state index in [4.69, 9.17) is 18.0 Å². The van der Waals surface area contributed by atoms with Crippen LogP contribution in [0.5, 0.6) is 0 Å². The molecular formula is C9H9F3N4OS. The number of rotatable bonds is 2. The lowest BCUT2D eigenvalue weighted by Crippen LogP contribution is -2.32. The minimum atomic E-state index is -4.57. The van der Waals surface area contributed by atoms with Crippen molar-refractivity contribution < 1.29 is 18.0 Å². The van der Waals surface area contributed by atoms with Gasteiger partial charge < -0.3 is 10.6 Å². The monoisotopic (exact) mass is 278 g/mol. The van der Waals surface area contributed by atoms with Crippen LogP contribution in [-0.4, -0.2) is 27.2 Å². The molecule has 2 heterocycles. The number of carbonyl (C=O) groups is 1. The van der Waals surface area contributed by atoms with Gasteiger partial charge in [0.25, 0.3) is 0 Å². The standard InChI is InChI=1S/C9H9F3N4OS/c10-9(11,12)16-4-2-6(14-16)15-3-1-5(7(13)17)8(15)18/h2,4-5H,1,3H2,(H2,13,17). The highest BCUT2D eigenvalue weighted by Crippen LogP contribution is 2.27. The summed E-state index contributed by atoms with van der Waals surface area (Å²) in [5.41, 5.74) is 5.14. The van der Waals surface area contributed by atoms with E-state index in [1.165, 1.54) is 11.0 Å². The number of aromatic nitrogens is 2. The Morgan fingerprint density at radius 3 is 2.67 bits per heavy atom. The number of carbonyl (C=O) groups excluding carboxylic acids is 1. The van der Waals surface area contributed by atoms with Crippen LogP contribution in [0.1, 0.15) is 6.42 Å². The van der Waals surface area contributed by atoms with Gasteiger partial charge in [-0.05, 0) is 6.42 Å². The third-order valence-electron chi connectivity index (χ3n) is 2.66. The van der Waals surface area contributed by atoms with Gasteiger partial charge in [0, 0.05) is 18.8 Å². The van der Waals surface area contributed by atoms with Crippen molar-refractivity contribution in [2.24, 2.45) is 11.7 Å². The van der Waals surface area contributed by atoms with Gasteiger partial charge in [0.2, 0.25) is 5.91 Å². The molecule has 1 amide bonds. The van der Waals surface area contributed by atoms with Crippen molar-refractivity contribution in [3.63, 3.8) is 0 Å². The Labute approximate surface area is 105 Å². The van der Waals surface area contributed by atoms with Gasteiger partial charge in [-0.15, -0.1) is 18.3 Å². The van der Waals surface area contributed by atoms with E-state index in [1.54, 1.807) is 0 Å². The summed E-state index contributed by atoms with van der Waals surface area (Å²) in [4.78, 5) is 12.7. The Balaban J connectivity index is 2.21. The molecule has 0 aromatic carbocycles. The maximum absolute atomic E-state index is 12.4. The Kier molecular flexibility index (Phi) is 3.01. The molecule has 2 rings (SSSR count). The van der Waals surface area contributed by atoms with E-state index in [-0.39, 0.29) is 15.5 Å². The number of alkyl halides is 3. The van der Waals surface area contributed by atoms with Gasteiger partial charge in [-0.2, -0.15) is 4.68 Å². The fourth-order valence-corrected chi connectivity index (χ4v) is 2.19. The fourth-order valence-electron chi connectivity index (χ4n) is 1.77. The number of halogens is 3. The SMILES string of the molecule is NC(=O)C1CCN(c2ccn(C(F)(F)F)n2)C1=S. The molecule has 0 radical (unpaired) electrons. The molecule has 1 aromatic rings.